The number of nitrogens with zero attached hydrogens (tertiary/aromatic N) is 2. The quantitative estimate of drug-likeness (QED) is 0.844. The van der Waals surface area contributed by atoms with E-state index in [1.807, 2.05) is 41.3 Å². The molecule has 0 spiro atoms. The Balaban J connectivity index is 1.61. The number of likely N-dealkylation sites (N-methyl/N-ethyl adjacent to an activating group) is 1. The second-order valence-electron chi connectivity index (χ2n) is 6.92. The van der Waals surface area contributed by atoms with Gasteiger partial charge >= 0.3 is 0 Å². The molecule has 2 aromatic carbocycles. The van der Waals surface area contributed by atoms with E-state index in [4.69, 9.17) is 5.73 Å². The Labute approximate surface area is 159 Å². The fourth-order valence-corrected chi connectivity index (χ4v) is 3.10. The zero-order valence-corrected chi connectivity index (χ0v) is 15.6. The first-order chi connectivity index (χ1) is 13.0. The summed E-state index contributed by atoms with van der Waals surface area (Å²) in [5, 5.41) is 2.89. The van der Waals surface area contributed by atoms with Crippen molar-refractivity contribution in [3.8, 4) is 0 Å². The summed E-state index contributed by atoms with van der Waals surface area (Å²) < 4.78 is 0. The number of rotatable bonds is 5. The van der Waals surface area contributed by atoms with Crippen molar-refractivity contribution in [2.24, 2.45) is 5.73 Å². The molecule has 0 bridgehead atoms. The number of nitrogens with one attached hydrogen (secondary N) is 1. The lowest BCUT2D eigenvalue weighted by atomic mass is 10.1. The van der Waals surface area contributed by atoms with E-state index in [1.165, 1.54) is 0 Å². The van der Waals surface area contributed by atoms with Crippen molar-refractivity contribution in [3.05, 3.63) is 65.2 Å². The third-order valence-corrected chi connectivity index (χ3v) is 4.85. The van der Waals surface area contributed by atoms with Crippen LogP contribution in [0.4, 0.5) is 5.69 Å². The number of amides is 2. The second-order valence-corrected chi connectivity index (χ2v) is 6.92. The summed E-state index contributed by atoms with van der Waals surface area (Å²) in [5.74, 6) is -0.0509. The van der Waals surface area contributed by atoms with Crippen LogP contribution in [-0.4, -0.2) is 54.8 Å². The van der Waals surface area contributed by atoms with E-state index in [1.54, 1.807) is 12.1 Å². The highest BCUT2D eigenvalue weighted by atomic mass is 16.2. The van der Waals surface area contributed by atoms with E-state index in [0.717, 1.165) is 37.3 Å². The van der Waals surface area contributed by atoms with Gasteiger partial charge in [0.1, 0.15) is 0 Å². The standard InChI is InChI=1S/C21H26N4O2/c1-24-9-11-25(12-10-24)20(26)14-17-3-2-4-19(13-17)23-21(27)18-7-5-16(15-22)6-8-18/h2-8,13H,9-12,14-15,22H2,1H3,(H,23,27). The molecule has 0 aromatic heterocycles. The normalized spacial score (nSPS) is 14.8. The van der Waals surface area contributed by atoms with Crippen molar-refractivity contribution in [1.29, 1.82) is 0 Å². The molecule has 6 heteroatoms. The van der Waals surface area contributed by atoms with Crippen molar-refractivity contribution in [3.63, 3.8) is 0 Å². The number of hydrogen-bond donors (Lipinski definition) is 2. The van der Waals surface area contributed by atoms with Gasteiger partial charge in [0, 0.05) is 44.0 Å². The molecule has 1 saturated heterocycles. The van der Waals surface area contributed by atoms with Crippen LogP contribution in [0.2, 0.25) is 0 Å². The van der Waals surface area contributed by atoms with Crippen LogP contribution in [0.5, 0.6) is 0 Å². The van der Waals surface area contributed by atoms with E-state index in [-0.39, 0.29) is 11.8 Å². The van der Waals surface area contributed by atoms with Crippen molar-refractivity contribution in [2.75, 3.05) is 38.5 Å². The predicted molar refractivity (Wildman–Crippen MR) is 107 cm³/mol. The number of nitrogens with two attached hydrogens (primary N) is 1. The predicted octanol–water partition coefficient (Wildman–Crippen LogP) is 1.71. The van der Waals surface area contributed by atoms with Gasteiger partial charge in [-0.15, -0.1) is 0 Å². The number of carbonyl (C=O) groups is 2. The number of piperazine rings is 1. The van der Waals surface area contributed by atoms with Crippen molar-refractivity contribution in [2.45, 2.75) is 13.0 Å². The van der Waals surface area contributed by atoms with Gasteiger partial charge < -0.3 is 20.9 Å². The first-order valence-electron chi connectivity index (χ1n) is 9.21. The average molecular weight is 366 g/mol. The first-order valence-corrected chi connectivity index (χ1v) is 9.21. The third kappa shape index (κ3) is 5.15. The van der Waals surface area contributed by atoms with Gasteiger partial charge in [-0.1, -0.05) is 24.3 Å². The second kappa shape index (κ2) is 8.79. The summed E-state index contributed by atoms with van der Waals surface area (Å²) in [7, 11) is 2.07. The molecular weight excluding hydrogens is 340 g/mol. The van der Waals surface area contributed by atoms with Gasteiger partial charge in [0.25, 0.3) is 5.91 Å². The summed E-state index contributed by atoms with van der Waals surface area (Å²) in [6.07, 6.45) is 0.346. The van der Waals surface area contributed by atoms with E-state index < -0.39 is 0 Å². The van der Waals surface area contributed by atoms with Crippen LogP contribution in [-0.2, 0) is 17.8 Å². The molecule has 3 N–H and O–H groups in total. The van der Waals surface area contributed by atoms with Gasteiger partial charge in [-0.2, -0.15) is 0 Å². The van der Waals surface area contributed by atoms with E-state index in [2.05, 4.69) is 17.3 Å². The molecule has 0 radical (unpaired) electrons. The maximum Gasteiger partial charge on any atom is 0.255 e. The van der Waals surface area contributed by atoms with E-state index in [9.17, 15) is 9.59 Å². The Kier molecular flexibility index (Phi) is 6.21. The maximum atomic E-state index is 12.5. The van der Waals surface area contributed by atoms with Gasteiger partial charge in [0.05, 0.1) is 6.42 Å². The number of benzene rings is 2. The third-order valence-electron chi connectivity index (χ3n) is 4.85. The smallest absolute Gasteiger partial charge is 0.255 e. The fraction of sp³-hybridized carbons (Fsp3) is 0.333. The van der Waals surface area contributed by atoms with Crippen LogP contribution in [0, 0.1) is 0 Å². The SMILES string of the molecule is CN1CCN(C(=O)Cc2cccc(NC(=O)c3ccc(CN)cc3)c2)CC1. The zero-order valence-electron chi connectivity index (χ0n) is 15.6. The molecule has 2 amide bonds. The molecule has 1 heterocycles. The first kappa shape index (κ1) is 19.1. The van der Waals surface area contributed by atoms with Gasteiger partial charge in [-0.25, -0.2) is 0 Å². The van der Waals surface area contributed by atoms with Crippen molar-refractivity contribution < 1.29 is 9.59 Å². The van der Waals surface area contributed by atoms with Crippen LogP contribution in [0.1, 0.15) is 21.5 Å². The molecule has 2 aromatic rings. The van der Waals surface area contributed by atoms with Crippen LogP contribution < -0.4 is 11.1 Å². The van der Waals surface area contributed by atoms with Crippen LogP contribution in [0.15, 0.2) is 48.5 Å². The Morgan fingerprint density at radius 1 is 1.00 bits per heavy atom. The maximum absolute atomic E-state index is 12.5. The molecule has 1 fully saturated rings. The van der Waals surface area contributed by atoms with E-state index in [0.29, 0.717) is 24.2 Å². The fourth-order valence-electron chi connectivity index (χ4n) is 3.10. The molecule has 27 heavy (non-hydrogen) atoms. The lowest BCUT2D eigenvalue weighted by Crippen LogP contribution is -2.47. The number of anilines is 1. The Morgan fingerprint density at radius 3 is 2.37 bits per heavy atom. The molecule has 0 atom stereocenters. The molecule has 0 aliphatic carbocycles. The molecule has 0 saturated carbocycles. The minimum atomic E-state index is -0.180. The topological polar surface area (TPSA) is 78.7 Å². The monoisotopic (exact) mass is 366 g/mol. The van der Waals surface area contributed by atoms with Crippen molar-refractivity contribution in [1.82, 2.24) is 9.80 Å². The van der Waals surface area contributed by atoms with Crippen LogP contribution in [0.3, 0.4) is 0 Å². The molecule has 1 aliphatic rings. The Bertz CT molecular complexity index is 796. The highest BCUT2D eigenvalue weighted by molar-refractivity contribution is 6.04. The molecule has 1 aliphatic heterocycles. The molecule has 6 nitrogen and oxygen atoms in total. The number of carbonyl (C=O) groups excluding carboxylic acids is 2. The van der Waals surface area contributed by atoms with Gasteiger partial charge in [-0.3, -0.25) is 9.59 Å². The minimum Gasteiger partial charge on any atom is -0.340 e. The Morgan fingerprint density at radius 2 is 1.70 bits per heavy atom. The molecular formula is C21H26N4O2. The summed E-state index contributed by atoms with van der Waals surface area (Å²) in [6, 6.07) is 14.7. The minimum absolute atomic E-state index is 0.129. The van der Waals surface area contributed by atoms with Gasteiger partial charge in [-0.05, 0) is 42.4 Å². The summed E-state index contributed by atoms with van der Waals surface area (Å²) in [4.78, 5) is 29.0. The summed E-state index contributed by atoms with van der Waals surface area (Å²) in [5.41, 5.74) is 8.73. The number of hydrogen-bond acceptors (Lipinski definition) is 4. The highest BCUT2D eigenvalue weighted by Gasteiger charge is 2.19. The van der Waals surface area contributed by atoms with Gasteiger partial charge in [0.2, 0.25) is 5.91 Å². The molecule has 142 valence electrons. The molecule has 3 rings (SSSR count). The van der Waals surface area contributed by atoms with E-state index >= 15 is 0 Å². The molecule has 0 unspecified atom stereocenters. The Hall–Kier alpha value is -2.70. The van der Waals surface area contributed by atoms with Crippen LogP contribution >= 0.6 is 0 Å². The summed E-state index contributed by atoms with van der Waals surface area (Å²) >= 11 is 0. The van der Waals surface area contributed by atoms with Crippen LogP contribution in [0.25, 0.3) is 0 Å². The average Bonchev–Trinajstić information content (AvgIpc) is 2.68. The largest absolute Gasteiger partial charge is 0.340 e. The van der Waals surface area contributed by atoms with Gasteiger partial charge in [0.15, 0.2) is 0 Å². The summed E-state index contributed by atoms with van der Waals surface area (Å²) in [6.45, 7) is 3.80. The lowest BCUT2D eigenvalue weighted by Gasteiger charge is -2.32. The highest BCUT2D eigenvalue weighted by Crippen LogP contribution is 2.15. The zero-order chi connectivity index (χ0) is 19.2. The van der Waals surface area contributed by atoms with Crippen molar-refractivity contribution >= 4 is 17.5 Å². The lowest BCUT2D eigenvalue weighted by molar-refractivity contribution is -0.132.